The normalized spacial score (nSPS) is 16.4. The first-order chi connectivity index (χ1) is 14.3. The van der Waals surface area contributed by atoms with Crippen molar-refractivity contribution in [3.63, 3.8) is 0 Å². The number of esters is 1. The zero-order valence-corrected chi connectivity index (χ0v) is 16.2. The number of fused-ring (bicyclic) bond motifs is 3. The summed E-state index contributed by atoms with van der Waals surface area (Å²) in [6, 6.07) is 21.6. The van der Waals surface area contributed by atoms with Crippen LogP contribution in [0.15, 0.2) is 72.9 Å². The molecule has 2 aromatic carbocycles. The molecule has 0 saturated heterocycles. The Morgan fingerprint density at radius 3 is 2.48 bits per heavy atom. The highest BCUT2D eigenvalue weighted by Crippen LogP contribution is 2.39. The molecular weight excluding hydrogens is 362 g/mol. The summed E-state index contributed by atoms with van der Waals surface area (Å²) in [4.78, 5) is 13.0. The van der Waals surface area contributed by atoms with Crippen LogP contribution in [0, 0.1) is 5.92 Å². The van der Waals surface area contributed by atoms with Crippen LogP contribution in [0.4, 0.5) is 0 Å². The number of para-hydroxylation sites is 2. The second kappa shape index (κ2) is 7.63. The highest BCUT2D eigenvalue weighted by atomic mass is 16.6. The summed E-state index contributed by atoms with van der Waals surface area (Å²) in [6.45, 7) is 0. The van der Waals surface area contributed by atoms with Gasteiger partial charge in [0, 0.05) is 11.8 Å². The quantitative estimate of drug-likeness (QED) is 0.534. The molecule has 0 spiro atoms. The minimum Gasteiger partial charge on any atom is -0.451 e. The first-order valence-electron chi connectivity index (χ1n) is 10.3. The van der Waals surface area contributed by atoms with Crippen molar-refractivity contribution in [1.29, 1.82) is 0 Å². The van der Waals surface area contributed by atoms with Crippen LogP contribution in [-0.4, -0.2) is 10.5 Å². The third-order valence-electron chi connectivity index (χ3n) is 5.70. The van der Waals surface area contributed by atoms with E-state index in [0.717, 1.165) is 48.4 Å². The second-order valence-corrected chi connectivity index (χ2v) is 7.61. The molecule has 0 amide bonds. The molecule has 1 aliphatic heterocycles. The lowest BCUT2D eigenvalue weighted by atomic mass is 9.89. The Morgan fingerprint density at radius 2 is 1.66 bits per heavy atom. The van der Waals surface area contributed by atoms with E-state index in [-0.39, 0.29) is 11.9 Å². The molecule has 0 N–H and O–H groups in total. The molecule has 4 heteroatoms. The van der Waals surface area contributed by atoms with Crippen molar-refractivity contribution < 1.29 is 14.3 Å². The van der Waals surface area contributed by atoms with Crippen LogP contribution < -0.4 is 4.74 Å². The van der Waals surface area contributed by atoms with E-state index in [1.54, 1.807) is 0 Å². The van der Waals surface area contributed by atoms with Gasteiger partial charge in [-0.3, -0.25) is 4.79 Å². The molecule has 1 aromatic heterocycles. The highest BCUT2D eigenvalue weighted by molar-refractivity contribution is 5.91. The third kappa shape index (κ3) is 3.35. The average Bonchev–Trinajstić information content (AvgIpc) is 3.22. The van der Waals surface area contributed by atoms with Crippen molar-refractivity contribution in [3.05, 3.63) is 84.2 Å². The lowest BCUT2D eigenvalue weighted by molar-refractivity contribution is -0.142. The summed E-state index contributed by atoms with van der Waals surface area (Å²) in [5, 5.41) is 0. The molecule has 1 aliphatic carbocycles. The monoisotopic (exact) mass is 385 g/mol. The van der Waals surface area contributed by atoms with Gasteiger partial charge in [0.25, 0.3) is 0 Å². The van der Waals surface area contributed by atoms with E-state index in [1.165, 1.54) is 6.42 Å². The maximum atomic E-state index is 13.0. The summed E-state index contributed by atoms with van der Waals surface area (Å²) < 4.78 is 14.5. The van der Waals surface area contributed by atoms with Gasteiger partial charge in [0.15, 0.2) is 17.3 Å². The SMILES string of the molecule is O=C(OC1=C(c2ccccc2)Oc2ccccc2-n2cccc21)C1CCCCC1. The summed E-state index contributed by atoms with van der Waals surface area (Å²) in [5.41, 5.74) is 2.62. The van der Waals surface area contributed by atoms with E-state index < -0.39 is 0 Å². The summed E-state index contributed by atoms with van der Waals surface area (Å²) in [6.07, 6.45) is 7.14. The molecule has 0 radical (unpaired) electrons. The number of hydrogen-bond acceptors (Lipinski definition) is 3. The molecule has 0 bridgehead atoms. The predicted octanol–water partition coefficient (Wildman–Crippen LogP) is 5.82. The number of ether oxygens (including phenoxy) is 2. The Balaban J connectivity index is 1.64. The molecule has 1 saturated carbocycles. The molecular formula is C25H23NO3. The van der Waals surface area contributed by atoms with Crippen molar-refractivity contribution in [2.24, 2.45) is 5.92 Å². The third-order valence-corrected chi connectivity index (χ3v) is 5.70. The van der Waals surface area contributed by atoms with E-state index in [9.17, 15) is 4.79 Å². The molecule has 1 fully saturated rings. The average molecular weight is 385 g/mol. The number of rotatable bonds is 3. The van der Waals surface area contributed by atoms with Gasteiger partial charge in [0.05, 0.1) is 17.3 Å². The minimum atomic E-state index is -0.157. The number of aromatic nitrogens is 1. The number of hydrogen-bond donors (Lipinski definition) is 0. The maximum Gasteiger partial charge on any atom is 0.314 e. The molecule has 2 heterocycles. The molecule has 3 aromatic rings. The fourth-order valence-electron chi connectivity index (χ4n) is 4.19. The number of carbonyl (C=O) groups is 1. The Labute approximate surface area is 170 Å². The van der Waals surface area contributed by atoms with Gasteiger partial charge < -0.3 is 14.0 Å². The smallest absolute Gasteiger partial charge is 0.314 e. The van der Waals surface area contributed by atoms with Gasteiger partial charge in [-0.25, -0.2) is 0 Å². The predicted molar refractivity (Wildman–Crippen MR) is 112 cm³/mol. The van der Waals surface area contributed by atoms with Gasteiger partial charge in [-0.15, -0.1) is 0 Å². The topological polar surface area (TPSA) is 40.5 Å². The Bertz CT molecular complexity index is 1060. The first kappa shape index (κ1) is 17.8. The lowest BCUT2D eigenvalue weighted by Crippen LogP contribution is -2.21. The Hall–Kier alpha value is -3.27. The molecule has 29 heavy (non-hydrogen) atoms. The first-order valence-corrected chi connectivity index (χ1v) is 10.3. The molecule has 2 aliphatic rings. The standard InChI is InChI=1S/C25H23NO3/c27-25(19-12-5-2-6-13-19)29-24-21-15-9-17-26(21)20-14-7-8-16-22(20)28-23(24)18-10-3-1-4-11-18/h1,3-4,7-11,14-17,19H,2,5-6,12-13H2. The van der Waals surface area contributed by atoms with Crippen LogP contribution >= 0.6 is 0 Å². The van der Waals surface area contributed by atoms with Crippen LogP contribution in [0.1, 0.15) is 43.4 Å². The zero-order valence-electron chi connectivity index (χ0n) is 16.2. The summed E-state index contributed by atoms with van der Waals surface area (Å²) in [5.74, 6) is 1.58. The number of benzene rings is 2. The molecule has 0 unspecified atom stereocenters. The Kier molecular flexibility index (Phi) is 4.68. The van der Waals surface area contributed by atoms with Crippen LogP contribution in [0.5, 0.6) is 5.75 Å². The van der Waals surface area contributed by atoms with Gasteiger partial charge in [0.2, 0.25) is 0 Å². The van der Waals surface area contributed by atoms with Gasteiger partial charge in [-0.05, 0) is 37.1 Å². The molecule has 0 atom stereocenters. The lowest BCUT2D eigenvalue weighted by Gasteiger charge is -2.21. The van der Waals surface area contributed by atoms with E-state index in [2.05, 4.69) is 0 Å². The molecule has 146 valence electrons. The highest BCUT2D eigenvalue weighted by Gasteiger charge is 2.30. The van der Waals surface area contributed by atoms with Crippen molar-refractivity contribution in [1.82, 2.24) is 4.57 Å². The van der Waals surface area contributed by atoms with Gasteiger partial charge in [-0.1, -0.05) is 61.7 Å². The second-order valence-electron chi connectivity index (χ2n) is 7.61. The molecule has 5 rings (SSSR count). The summed E-state index contributed by atoms with van der Waals surface area (Å²) in [7, 11) is 0. The zero-order chi connectivity index (χ0) is 19.6. The summed E-state index contributed by atoms with van der Waals surface area (Å²) >= 11 is 0. The van der Waals surface area contributed by atoms with Crippen molar-refractivity contribution in [3.8, 4) is 11.4 Å². The number of nitrogens with zero attached hydrogens (tertiary/aromatic N) is 1. The van der Waals surface area contributed by atoms with Crippen molar-refractivity contribution in [2.75, 3.05) is 0 Å². The van der Waals surface area contributed by atoms with Crippen LogP contribution in [0.25, 0.3) is 17.2 Å². The van der Waals surface area contributed by atoms with Crippen LogP contribution in [-0.2, 0) is 9.53 Å². The molecule has 4 nitrogen and oxygen atoms in total. The van der Waals surface area contributed by atoms with Crippen LogP contribution in [0.2, 0.25) is 0 Å². The van der Waals surface area contributed by atoms with Crippen LogP contribution in [0.3, 0.4) is 0 Å². The van der Waals surface area contributed by atoms with Crippen molar-refractivity contribution >= 4 is 17.5 Å². The van der Waals surface area contributed by atoms with Gasteiger partial charge >= 0.3 is 5.97 Å². The van der Waals surface area contributed by atoms with E-state index in [0.29, 0.717) is 11.5 Å². The van der Waals surface area contributed by atoms with E-state index in [4.69, 9.17) is 9.47 Å². The Morgan fingerprint density at radius 1 is 0.897 bits per heavy atom. The maximum absolute atomic E-state index is 13.0. The fourth-order valence-corrected chi connectivity index (χ4v) is 4.19. The largest absolute Gasteiger partial charge is 0.451 e. The van der Waals surface area contributed by atoms with Gasteiger partial charge in [-0.2, -0.15) is 0 Å². The van der Waals surface area contributed by atoms with Gasteiger partial charge in [0.1, 0.15) is 0 Å². The van der Waals surface area contributed by atoms with E-state index in [1.807, 2.05) is 77.5 Å². The van der Waals surface area contributed by atoms with Crippen molar-refractivity contribution in [2.45, 2.75) is 32.1 Å². The van der Waals surface area contributed by atoms with E-state index >= 15 is 0 Å². The minimum absolute atomic E-state index is 0.0395. The fraction of sp³-hybridized carbons (Fsp3) is 0.240. The number of carbonyl (C=O) groups excluding carboxylic acids is 1.